The van der Waals surface area contributed by atoms with Gasteiger partial charge in [0.15, 0.2) is 0 Å². The van der Waals surface area contributed by atoms with E-state index in [1.807, 2.05) is 54.2 Å². The molecule has 0 radical (unpaired) electrons. The Morgan fingerprint density at radius 2 is 1.43 bits per heavy atom. The summed E-state index contributed by atoms with van der Waals surface area (Å²) in [7, 11) is -2.08. The highest BCUT2D eigenvalue weighted by Crippen LogP contribution is 2.54. The van der Waals surface area contributed by atoms with E-state index in [2.05, 4.69) is 101 Å². The molecule has 2 heterocycles. The Morgan fingerprint density at radius 3 is 2.08 bits per heavy atom. The molecule has 1 fully saturated rings. The number of hydrogen-bond donors (Lipinski definition) is 0. The zero-order valence-electron chi connectivity index (χ0n) is 31.0. The van der Waals surface area contributed by atoms with Gasteiger partial charge in [-0.05, 0) is 88.7 Å². The van der Waals surface area contributed by atoms with Gasteiger partial charge in [0.25, 0.3) is 8.32 Å². The lowest BCUT2D eigenvalue weighted by Gasteiger charge is -2.42. The molecule has 0 aromatic heterocycles. The molecule has 2 unspecified atom stereocenters. The molecule has 0 bridgehead atoms. The van der Waals surface area contributed by atoms with Gasteiger partial charge in [-0.2, -0.15) is 0 Å². The first-order valence-electron chi connectivity index (χ1n) is 18.6. The second-order valence-corrected chi connectivity index (χ2v) is 21.5. The predicted octanol–water partition coefficient (Wildman–Crippen LogP) is 11.5. The number of halogens is 1. The smallest absolute Gasteiger partial charge is 0.258 e. The standard InChI is InChI=1S/C43H54FNO4SSi/c1-30(2)51(31(3)4,32(5)6)49-38-18-14-36(15-19-38)43-42(35-12-16-37(17-13-35)46-25-24-45-23-22-34(27-44)28-45)48-40-21-20-39(26-41(40)50-43)47-29-33-10-8-7-9-11-33/h7-21,26,30-32,34,42-43H,22-25,27-29H2,1-6H3/t34-,42?,43?/m0/s1. The minimum Gasteiger partial charge on any atom is -0.543 e. The first kappa shape index (κ1) is 37.3. The number of fused-ring (bicyclic) bond motifs is 1. The van der Waals surface area contributed by atoms with Crippen molar-refractivity contribution in [3.63, 3.8) is 0 Å². The SMILES string of the molecule is CC(C)[Si](Oc1ccc(C2Sc3cc(OCc4ccccc4)ccc3OC2c2ccc(OCCN3CC[C@@H](CF)C3)cc2)cc1)(C(C)C)C(C)C. The van der Waals surface area contributed by atoms with E-state index in [0.717, 1.165) is 65.1 Å². The third-order valence-corrected chi connectivity index (χ3v) is 18.0. The summed E-state index contributed by atoms with van der Waals surface area (Å²) in [5.41, 5.74) is 4.90. The fourth-order valence-electron chi connectivity index (χ4n) is 7.96. The molecule has 3 atom stereocenters. The van der Waals surface area contributed by atoms with Gasteiger partial charge in [-0.15, -0.1) is 11.8 Å². The van der Waals surface area contributed by atoms with E-state index in [-0.39, 0.29) is 23.9 Å². The number of nitrogens with zero attached hydrogens (tertiary/aromatic N) is 1. The van der Waals surface area contributed by atoms with Crippen LogP contribution >= 0.6 is 11.8 Å². The number of alkyl halides is 1. The quantitative estimate of drug-likeness (QED) is 0.114. The fourth-order valence-corrected chi connectivity index (χ4v) is 14.5. The molecule has 6 rings (SSSR count). The van der Waals surface area contributed by atoms with Gasteiger partial charge >= 0.3 is 0 Å². The first-order valence-corrected chi connectivity index (χ1v) is 21.6. The molecule has 2 aliphatic rings. The molecule has 272 valence electrons. The summed E-state index contributed by atoms with van der Waals surface area (Å²) in [6, 6.07) is 33.4. The minimum atomic E-state index is -2.08. The van der Waals surface area contributed by atoms with Gasteiger partial charge in [-0.3, -0.25) is 9.29 Å². The molecule has 2 aliphatic heterocycles. The molecule has 4 aromatic rings. The number of likely N-dealkylation sites (tertiary alicyclic amines) is 1. The summed E-state index contributed by atoms with van der Waals surface area (Å²) in [5.74, 6) is 3.63. The summed E-state index contributed by atoms with van der Waals surface area (Å²) >= 11 is 1.82. The van der Waals surface area contributed by atoms with Crippen LogP contribution in [-0.2, 0) is 6.61 Å². The van der Waals surface area contributed by atoms with E-state index >= 15 is 0 Å². The predicted molar refractivity (Wildman–Crippen MR) is 210 cm³/mol. The van der Waals surface area contributed by atoms with Crippen molar-refractivity contribution in [3.8, 4) is 23.0 Å². The van der Waals surface area contributed by atoms with Crippen LogP contribution in [0.1, 0.15) is 76.0 Å². The third-order valence-electron chi connectivity index (χ3n) is 10.6. The van der Waals surface area contributed by atoms with Gasteiger partial charge < -0.3 is 18.6 Å². The summed E-state index contributed by atoms with van der Waals surface area (Å²) in [6.45, 7) is 17.4. The van der Waals surface area contributed by atoms with Crippen molar-refractivity contribution >= 4 is 20.1 Å². The number of rotatable bonds is 15. The summed E-state index contributed by atoms with van der Waals surface area (Å²) in [4.78, 5) is 3.35. The van der Waals surface area contributed by atoms with E-state index in [9.17, 15) is 4.39 Å². The topological polar surface area (TPSA) is 40.2 Å². The molecule has 0 spiro atoms. The lowest BCUT2D eigenvalue weighted by Crippen LogP contribution is -2.50. The molecule has 0 amide bonds. The lowest BCUT2D eigenvalue weighted by atomic mass is 10.00. The van der Waals surface area contributed by atoms with Crippen molar-refractivity contribution < 1.29 is 23.0 Å². The van der Waals surface area contributed by atoms with E-state index in [1.165, 1.54) is 5.56 Å². The Balaban J connectivity index is 1.22. The Labute approximate surface area is 310 Å². The van der Waals surface area contributed by atoms with Gasteiger partial charge in [-0.1, -0.05) is 96.1 Å². The molecule has 0 aliphatic carbocycles. The number of hydrogen-bond acceptors (Lipinski definition) is 6. The highest BCUT2D eigenvalue weighted by atomic mass is 32.2. The number of thioether (sulfide) groups is 1. The second-order valence-electron chi connectivity index (χ2n) is 15.0. The van der Waals surface area contributed by atoms with Crippen molar-refractivity contribution in [2.45, 2.75) is 87.4 Å². The van der Waals surface area contributed by atoms with Gasteiger partial charge in [-0.25, -0.2) is 0 Å². The maximum absolute atomic E-state index is 13.1. The zero-order chi connectivity index (χ0) is 36.0. The highest BCUT2D eigenvalue weighted by molar-refractivity contribution is 7.99. The molecule has 0 saturated carbocycles. The van der Waals surface area contributed by atoms with Crippen LogP contribution in [0.3, 0.4) is 0 Å². The normalized spacial score (nSPS) is 19.3. The van der Waals surface area contributed by atoms with Crippen molar-refractivity contribution in [2.24, 2.45) is 5.92 Å². The van der Waals surface area contributed by atoms with E-state index in [4.69, 9.17) is 18.6 Å². The summed E-state index contributed by atoms with van der Waals surface area (Å²) in [5, 5.41) is 0.00334. The number of benzene rings is 4. The second kappa shape index (κ2) is 16.9. The van der Waals surface area contributed by atoms with Crippen LogP contribution in [-0.4, -0.2) is 46.1 Å². The van der Waals surface area contributed by atoms with Gasteiger partial charge in [0.2, 0.25) is 0 Å². The zero-order valence-corrected chi connectivity index (χ0v) is 32.8. The van der Waals surface area contributed by atoms with Crippen LogP contribution in [0.4, 0.5) is 4.39 Å². The van der Waals surface area contributed by atoms with Gasteiger partial charge in [0.1, 0.15) is 42.3 Å². The average Bonchev–Trinajstić information content (AvgIpc) is 3.61. The molecule has 51 heavy (non-hydrogen) atoms. The van der Waals surface area contributed by atoms with Crippen LogP contribution in [0.5, 0.6) is 23.0 Å². The van der Waals surface area contributed by atoms with Crippen molar-refractivity contribution in [2.75, 3.05) is 32.9 Å². The van der Waals surface area contributed by atoms with Gasteiger partial charge in [0, 0.05) is 19.0 Å². The summed E-state index contributed by atoms with van der Waals surface area (Å²) < 4.78 is 39.2. The van der Waals surface area contributed by atoms with E-state index < -0.39 is 8.32 Å². The molecular formula is C43H54FNO4SSi. The van der Waals surface area contributed by atoms with E-state index in [0.29, 0.717) is 29.8 Å². The van der Waals surface area contributed by atoms with Crippen LogP contribution in [0.25, 0.3) is 0 Å². The maximum Gasteiger partial charge on any atom is 0.258 e. The molecule has 4 aromatic carbocycles. The average molecular weight is 728 g/mol. The van der Waals surface area contributed by atoms with Crippen LogP contribution in [0, 0.1) is 5.92 Å². The molecule has 8 heteroatoms. The molecular weight excluding hydrogens is 674 g/mol. The van der Waals surface area contributed by atoms with Gasteiger partial charge in [0.05, 0.1) is 16.8 Å². The lowest BCUT2D eigenvalue weighted by molar-refractivity contribution is 0.190. The van der Waals surface area contributed by atoms with Crippen molar-refractivity contribution in [3.05, 3.63) is 114 Å². The Kier molecular flexibility index (Phi) is 12.4. The first-order chi connectivity index (χ1) is 24.7. The Hall–Kier alpha value is -3.46. The highest BCUT2D eigenvalue weighted by Gasteiger charge is 2.47. The number of ether oxygens (including phenoxy) is 3. The van der Waals surface area contributed by atoms with E-state index in [1.54, 1.807) is 0 Å². The maximum atomic E-state index is 13.1. The summed E-state index contributed by atoms with van der Waals surface area (Å²) in [6.07, 6.45) is 0.723. The van der Waals surface area contributed by atoms with Crippen LogP contribution in [0.2, 0.25) is 16.6 Å². The fraction of sp³-hybridized carbons (Fsp3) is 0.442. The monoisotopic (exact) mass is 727 g/mol. The molecule has 1 saturated heterocycles. The van der Waals surface area contributed by atoms with Crippen molar-refractivity contribution in [1.82, 2.24) is 4.90 Å². The largest absolute Gasteiger partial charge is 0.543 e. The Bertz CT molecular complexity index is 1660. The molecule has 0 N–H and O–H groups in total. The van der Waals surface area contributed by atoms with Crippen LogP contribution < -0.4 is 18.6 Å². The Morgan fingerprint density at radius 1 is 0.784 bits per heavy atom. The van der Waals surface area contributed by atoms with Crippen LogP contribution in [0.15, 0.2) is 102 Å². The third kappa shape index (κ3) is 8.78. The van der Waals surface area contributed by atoms with Crippen molar-refractivity contribution in [1.29, 1.82) is 0 Å². The molecule has 5 nitrogen and oxygen atoms in total. The minimum absolute atomic E-state index is 0.00334.